The van der Waals surface area contributed by atoms with Crippen molar-refractivity contribution >= 4 is 29.3 Å². The number of hydrogen-bond donors (Lipinski definition) is 1. The molecule has 1 N–H and O–H groups in total. The first-order valence-electron chi connectivity index (χ1n) is 9.13. The molecule has 2 bridgehead atoms. The number of nitrogens with one attached hydrogen (secondary N) is 1. The van der Waals surface area contributed by atoms with E-state index >= 15 is 0 Å². The van der Waals surface area contributed by atoms with Crippen molar-refractivity contribution in [3.63, 3.8) is 0 Å². The zero-order chi connectivity index (χ0) is 18.8. The highest BCUT2D eigenvalue weighted by molar-refractivity contribution is 7.80. The molecule has 4 rings (SSSR count). The maximum atomic E-state index is 12.2. The SMILES string of the molecule is O=C(/C=C/c1ccccc1)NC(=S)N1C[C@H]2C[C@H](C1)c1cccc(=O)n1C2. The van der Waals surface area contributed by atoms with Crippen LogP contribution in [0.15, 0.2) is 59.4 Å². The maximum absolute atomic E-state index is 12.2. The number of amides is 1. The first-order chi connectivity index (χ1) is 13.1. The molecule has 2 aliphatic rings. The van der Waals surface area contributed by atoms with Crippen molar-refractivity contribution in [3.8, 4) is 0 Å². The van der Waals surface area contributed by atoms with E-state index in [1.165, 1.54) is 6.08 Å². The van der Waals surface area contributed by atoms with Gasteiger partial charge in [0.2, 0.25) is 5.91 Å². The van der Waals surface area contributed by atoms with E-state index in [1.54, 1.807) is 12.1 Å². The fraction of sp³-hybridized carbons (Fsp3) is 0.286. The summed E-state index contributed by atoms with van der Waals surface area (Å²) in [5, 5.41) is 3.27. The second kappa shape index (κ2) is 7.48. The van der Waals surface area contributed by atoms with Gasteiger partial charge < -0.3 is 9.47 Å². The summed E-state index contributed by atoms with van der Waals surface area (Å²) in [6, 6.07) is 15.1. The third-order valence-corrected chi connectivity index (χ3v) is 5.58. The summed E-state index contributed by atoms with van der Waals surface area (Å²) >= 11 is 5.47. The number of fused-ring (bicyclic) bond motifs is 4. The molecule has 138 valence electrons. The highest BCUT2D eigenvalue weighted by atomic mass is 32.1. The molecule has 27 heavy (non-hydrogen) atoms. The number of carbonyl (C=O) groups is 1. The van der Waals surface area contributed by atoms with Gasteiger partial charge in [-0.2, -0.15) is 0 Å². The van der Waals surface area contributed by atoms with E-state index in [2.05, 4.69) is 10.2 Å². The number of likely N-dealkylation sites (tertiary alicyclic amines) is 1. The van der Waals surface area contributed by atoms with Crippen molar-refractivity contribution in [1.29, 1.82) is 0 Å². The molecule has 1 saturated heterocycles. The van der Waals surface area contributed by atoms with Crippen LogP contribution in [-0.4, -0.2) is 33.6 Å². The molecule has 2 aromatic rings. The second-order valence-electron chi connectivity index (χ2n) is 7.14. The second-order valence-corrected chi connectivity index (χ2v) is 7.53. The number of nitrogens with zero attached hydrogens (tertiary/aromatic N) is 2. The molecule has 1 aromatic heterocycles. The van der Waals surface area contributed by atoms with Gasteiger partial charge in [-0.1, -0.05) is 36.4 Å². The standard InChI is InChI=1S/C21H21N3O2S/c25-19(10-9-15-5-2-1-3-6-15)22-21(27)23-12-16-11-17(14-23)18-7-4-8-20(26)24(18)13-16/h1-10,16-17H,11-14H2,(H,22,25,27)/b10-9+/t16-,17-/m1/s1. The molecule has 1 aromatic carbocycles. The topological polar surface area (TPSA) is 54.3 Å². The van der Waals surface area contributed by atoms with E-state index in [1.807, 2.05) is 47.0 Å². The fourth-order valence-electron chi connectivity index (χ4n) is 4.02. The Bertz CT molecular complexity index is 951. The summed E-state index contributed by atoms with van der Waals surface area (Å²) in [7, 11) is 0. The molecule has 3 heterocycles. The molecule has 0 saturated carbocycles. The number of thiocarbonyl (C=S) groups is 1. The maximum Gasteiger partial charge on any atom is 0.250 e. The van der Waals surface area contributed by atoms with Crippen molar-refractivity contribution < 1.29 is 4.79 Å². The summed E-state index contributed by atoms with van der Waals surface area (Å²) in [4.78, 5) is 26.4. The number of aromatic nitrogens is 1. The van der Waals surface area contributed by atoms with Crippen LogP contribution < -0.4 is 10.9 Å². The lowest BCUT2D eigenvalue weighted by atomic mass is 9.83. The number of pyridine rings is 1. The van der Waals surface area contributed by atoms with Crippen molar-refractivity contribution in [2.45, 2.75) is 18.9 Å². The van der Waals surface area contributed by atoms with E-state index in [-0.39, 0.29) is 17.4 Å². The van der Waals surface area contributed by atoms with E-state index < -0.39 is 0 Å². The fourth-order valence-corrected chi connectivity index (χ4v) is 4.27. The third kappa shape index (κ3) is 3.85. The molecule has 0 unspecified atom stereocenters. The van der Waals surface area contributed by atoms with Crippen LogP contribution in [0, 0.1) is 5.92 Å². The molecule has 6 heteroatoms. The van der Waals surface area contributed by atoms with Gasteiger partial charge in [0.15, 0.2) is 5.11 Å². The van der Waals surface area contributed by atoms with Gasteiger partial charge in [0, 0.05) is 43.4 Å². The smallest absolute Gasteiger partial charge is 0.250 e. The van der Waals surface area contributed by atoms with Crippen LogP contribution in [0.5, 0.6) is 0 Å². The Morgan fingerprint density at radius 1 is 1.07 bits per heavy atom. The van der Waals surface area contributed by atoms with E-state index in [0.29, 0.717) is 17.6 Å². The first kappa shape index (κ1) is 17.7. The Balaban J connectivity index is 1.41. The van der Waals surface area contributed by atoms with Gasteiger partial charge in [0.25, 0.3) is 5.56 Å². The van der Waals surface area contributed by atoms with Crippen LogP contribution in [0.3, 0.4) is 0 Å². The van der Waals surface area contributed by atoms with Crippen LogP contribution in [0.2, 0.25) is 0 Å². The molecular weight excluding hydrogens is 358 g/mol. The van der Waals surface area contributed by atoms with Crippen LogP contribution in [0.4, 0.5) is 0 Å². The molecule has 1 amide bonds. The van der Waals surface area contributed by atoms with Gasteiger partial charge in [-0.05, 0) is 42.3 Å². The van der Waals surface area contributed by atoms with Crippen LogP contribution in [0.1, 0.15) is 23.6 Å². The highest BCUT2D eigenvalue weighted by Crippen LogP contribution is 2.34. The van der Waals surface area contributed by atoms with Crippen molar-refractivity contribution in [2.24, 2.45) is 5.92 Å². The van der Waals surface area contributed by atoms with E-state index in [4.69, 9.17) is 12.2 Å². The molecule has 2 aliphatic heterocycles. The Kier molecular flexibility index (Phi) is 4.90. The Labute approximate surface area is 163 Å². The van der Waals surface area contributed by atoms with Crippen molar-refractivity contribution in [2.75, 3.05) is 13.1 Å². The summed E-state index contributed by atoms with van der Waals surface area (Å²) in [5.74, 6) is 0.406. The van der Waals surface area contributed by atoms with Crippen molar-refractivity contribution in [1.82, 2.24) is 14.8 Å². The molecule has 0 spiro atoms. The zero-order valence-electron chi connectivity index (χ0n) is 14.9. The number of piperidine rings is 1. The number of hydrogen-bond acceptors (Lipinski definition) is 3. The Hall–Kier alpha value is -2.73. The average Bonchev–Trinajstić information content (AvgIpc) is 2.68. The quantitative estimate of drug-likeness (QED) is 0.643. The van der Waals surface area contributed by atoms with Gasteiger partial charge in [0.1, 0.15) is 0 Å². The monoisotopic (exact) mass is 379 g/mol. The molecule has 0 radical (unpaired) electrons. The lowest BCUT2D eigenvalue weighted by Gasteiger charge is -2.43. The molecule has 2 atom stereocenters. The summed E-state index contributed by atoms with van der Waals surface area (Å²) in [6.07, 6.45) is 4.33. The molecule has 5 nitrogen and oxygen atoms in total. The average molecular weight is 379 g/mol. The van der Waals surface area contributed by atoms with Gasteiger partial charge in [0.05, 0.1) is 0 Å². The minimum absolute atomic E-state index is 0.0672. The van der Waals surface area contributed by atoms with Gasteiger partial charge in [-0.25, -0.2) is 0 Å². The minimum atomic E-state index is -0.226. The molecular formula is C21H21N3O2S. The molecule has 1 fully saturated rings. The zero-order valence-corrected chi connectivity index (χ0v) is 15.7. The number of rotatable bonds is 2. The van der Waals surface area contributed by atoms with Crippen LogP contribution in [-0.2, 0) is 11.3 Å². The predicted molar refractivity (Wildman–Crippen MR) is 109 cm³/mol. The molecule has 0 aliphatic carbocycles. The largest absolute Gasteiger partial charge is 0.348 e. The number of carbonyl (C=O) groups excluding carboxylic acids is 1. The van der Waals surface area contributed by atoms with Gasteiger partial charge in [-0.3, -0.25) is 14.9 Å². The minimum Gasteiger partial charge on any atom is -0.348 e. The van der Waals surface area contributed by atoms with Gasteiger partial charge >= 0.3 is 0 Å². The highest BCUT2D eigenvalue weighted by Gasteiger charge is 2.35. The van der Waals surface area contributed by atoms with Crippen LogP contribution in [0.25, 0.3) is 6.08 Å². The summed E-state index contributed by atoms with van der Waals surface area (Å²) in [6.45, 7) is 2.20. The van der Waals surface area contributed by atoms with E-state index in [9.17, 15) is 9.59 Å². The summed E-state index contributed by atoms with van der Waals surface area (Å²) in [5.41, 5.74) is 2.10. The summed E-state index contributed by atoms with van der Waals surface area (Å²) < 4.78 is 1.89. The Morgan fingerprint density at radius 2 is 1.89 bits per heavy atom. The Morgan fingerprint density at radius 3 is 2.70 bits per heavy atom. The van der Waals surface area contributed by atoms with Gasteiger partial charge in [-0.15, -0.1) is 0 Å². The lowest BCUT2D eigenvalue weighted by molar-refractivity contribution is -0.115. The predicted octanol–water partition coefficient (Wildman–Crippen LogP) is 2.38. The van der Waals surface area contributed by atoms with E-state index in [0.717, 1.165) is 30.8 Å². The number of benzene rings is 1. The van der Waals surface area contributed by atoms with Crippen molar-refractivity contribution in [3.05, 3.63) is 76.2 Å². The third-order valence-electron chi connectivity index (χ3n) is 5.22. The van der Waals surface area contributed by atoms with Crippen LogP contribution >= 0.6 is 12.2 Å². The lowest BCUT2D eigenvalue weighted by Crippen LogP contribution is -2.52. The first-order valence-corrected chi connectivity index (χ1v) is 9.54. The normalized spacial score (nSPS) is 21.0.